The van der Waals surface area contributed by atoms with Crippen LogP contribution in [0.25, 0.3) is 16.8 Å². The minimum Gasteiger partial charge on any atom is -0.496 e. The highest BCUT2D eigenvalue weighted by Gasteiger charge is 2.33. The van der Waals surface area contributed by atoms with E-state index >= 15 is 0 Å². The van der Waals surface area contributed by atoms with Gasteiger partial charge in [0, 0.05) is 30.5 Å². The molecule has 0 N–H and O–H groups in total. The second-order valence-corrected chi connectivity index (χ2v) is 8.14. The molecule has 0 unspecified atom stereocenters. The van der Waals surface area contributed by atoms with Crippen molar-refractivity contribution in [2.24, 2.45) is 4.99 Å². The molecule has 0 bridgehead atoms. The number of aliphatic imine (C=N–C) groups is 1. The molecule has 0 atom stereocenters. The third-order valence-electron chi connectivity index (χ3n) is 6.03. The third kappa shape index (κ3) is 3.48. The van der Waals surface area contributed by atoms with Crippen LogP contribution in [0.4, 0.5) is 5.69 Å². The van der Waals surface area contributed by atoms with Crippen LogP contribution >= 0.6 is 0 Å². The molecule has 156 valence electrons. The summed E-state index contributed by atoms with van der Waals surface area (Å²) in [6.45, 7) is 6.06. The summed E-state index contributed by atoms with van der Waals surface area (Å²) in [4.78, 5) is 9.38. The Morgan fingerprint density at radius 1 is 0.903 bits per heavy atom. The van der Waals surface area contributed by atoms with Crippen LogP contribution in [-0.2, 0) is 0 Å². The molecule has 0 spiro atoms. The van der Waals surface area contributed by atoms with Gasteiger partial charge in [-0.3, -0.25) is 9.89 Å². The molecule has 2 heterocycles. The van der Waals surface area contributed by atoms with E-state index in [-0.39, 0.29) is 0 Å². The van der Waals surface area contributed by atoms with Gasteiger partial charge in [-0.15, -0.1) is 0 Å². The van der Waals surface area contributed by atoms with E-state index in [1.807, 2.05) is 0 Å². The molecule has 2 aliphatic rings. The van der Waals surface area contributed by atoms with Crippen LogP contribution in [0.1, 0.15) is 23.1 Å². The molecule has 2 aliphatic heterocycles. The predicted octanol–water partition coefficient (Wildman–Crippen LogP) is 5.86. The smallest absolute Gasteiger partial charge is 0.210 e. The van der Waals surface area contributed by atoms with Crippen LogP contribution in [-0.4, -0.2) is 31.1 Å². The molecule has 0 amide bonds. The third-order valence-corrected chi connectivity index (χ3v) is 6.03. The summed E-state index contributed by atoms with van der Waals surface area (Å²) in [5, 5.41) is 0. The predicted molar refractivity (Wildman–Crippen MR) is 128 cm³/mol. The van der Waals surface area contributed by atoms with Crippen LogP contribution in [0.5, 0.6) is 5.75 Å². The summed E-state index contributed by atoms with van der Waals surface area (Å²) in [6.07, 6.45) is 3.25. The van der Waals surface area contributed by atoms with E-state index in [9.17, 15) is 0 Å². The SMILES string of the molecule is COc1cc(C)ccc1C1=CN(c2ccc(-c3ccccc3C)cc2)C2=NCCCN12. The van der Waals surface area contributed by atoms with Gasteiger partial charge in [0.2, 0.25) is 5.96 Å². The molecule has 4 nitrogen and oxygen atoms in total. The van der Waals surface area contributed by atoms with Crippen molar-refractivity contribution < 1.29 is 4.74 Å². The number of fused-ring (bicyclic) bond motifs is 1. The summed E-state index contributed by atoms with van der Waals surface area (Å²) in [7, 11) is 1.74. The van der Waals surface area contributed by atoms with Crippen LogP contribution in [0, 0.1) is 13.8 Å². The number of hydrogen-bond acceptors (Lipinski definition) is 4. The summed E-state index contributed by atoms with van der Waals surface area (Å²) in [5.41, 5.74) is 8.33. The van der Waals surface area contributed by atoms with Gasteiger partial charge in [0.05, 0.1) is 12.8 Å². The number of benzene rings is 3. The lowest BCUT2D eigenvalue weighted by molar-refractivity contribution is 0.411. The van der Waals surface area contributed by atoms with E-state index in [1.54, 1.807) is 7.11 Å². The highest BCUT2D eigenvalue weighted by Crippen LogP contribution is 2.37. The van der Waals surface area contributed by atoms with Gasteiger partial charge in [-0.05, 0) is 66.8 Å². The molecule has 0 aromatic heterocycles. The van der Waals surface area contributed by atoms with E-state index in [1.165, 1.54) is 22.3 Å². The molecule has 0 aliphatic carbocycles. The van der Waals surface area contributed by atoms with E-state index in [0.717, 1.165) is 48.2 Å². The highest BCUT2D eigenvalue weighted by atomic mass is 16.5. The average Bonchev–Trinajstić information content (AvgIpc) is 3.19. The molecular weight excluding hydrogens is 382 g/mol. The quantitative estimate of drug-likeness (QED) is 0.540. The van der Waals surface area contributed by atoms with Crippen molar-refractivity contribution >= 4 is 17.3 Å². The fourth-order valence-corrected chi connectivity index (χ4v) is 4.39. The topological polar surface area (TPSA) is 28.1 Å². The molecular formula is C27H27N3O. The van der Waals surface area contributed by atoms with Gasteiger partial charge >= 0.3 is 0 Å². The van der Waals surface area contributed by atoms with Crippen molar-refractivity contribution in [3.63, 3.8) is 0 Å². The van der Waals surface area contributed by atoms with E-state index in [0.29, 0.717) is 0 Å². The van der Waals surface area contributed by atoms with Gasteiger partial charge in [-0.2, -0.15) is 0 Å². The molecule has 0 saturated heterocycles. The Morgan fingerprint density at radius 2 is 1.71 bits per heavy atom. The van der Waals surface area contributed by atoms with Gasteiger partial charge in [0.15, 0.2) is 0 Å². The Kier molecular flexibility index (Phi) is 4.99. The molecule has 3 aromatic carbocycles. The Morgan fingerprint density at radius 3 is 2.48 bits per heavy atom. The molecule has 0 radical (unpaired) electrons. The molecule has 0 fully saturated rings. The summed E-state index contributed by atoms with van der Waals surface area (Å²) in [5.74, 6) is 1.89. The maximum Gasteiger partial charge on any atom is 0.210 e. The van der Waals surface area contributed by atoms with Crippen molar-refractivity contribution in [2.75, 3.05) is 25.1 Å². The Hall–Kier alpha value is -3.53. The zero-order valence-corrected chi connectivity index (χ0v) is 18.3. The van der Waals surface area contributed by atoms with Crippen LogP contribution in [0.3, 0.4) is 0 Å². The van der Waals surface area contributed by atoms with Crippen LogP contribution < -0.4 is 9.64 Å². The number of methoxy groups -OCH3 is 1. The minimum atomic E-state index is 0.857. The average molecular weight is 410 g/mol. The van der Waals surface area contributed by atoms with Crippen molar-refractivity contribution in [1.82, 2.24) is 4.90 Å². The minimum absolute atomic E-state index is 0.857. The number of nitrogens with zero attached hydrogens (tertiary/aromatic N) is 3. The first-order valence-corrected chi connectivity index (χ1v) is 10.8. The second kappa shape index (κ2) is 7.95. The van der Waals surface area contributed by atoms with Crippen LogP contribution in [0.2, 0.25) is 0 Å². The van der Waals surface area contributed by atoms with Crippen molar-refractivity contribution in [3.05, 3.63) is 89.6 Å². The molecule has 4 heteroatoms. The Labute approximate surface area is 184 Å². The number of ether oxygens (including phenoxy) is 1. The maximum atomic E-state index is 5.71. The Balaban J connectivity index is 1.54. The standard InChI is InChI=1S/C27H27N3O/c1-19-9-14-24(26(17-19)31-3)25-18-30(27-28-15-6-16-29(25)27)22-12-10-21(11-13-22)23-8-5-4-7-20(23)2/h4-5,7-14,17-18H,6,15-16H2,1-3H3. The normalized spacial score (nSPS) is 15.5. The largest absolute Gasteiger partial charge is 0.496 e. The van der Waals surface area contributed by atoms with Crippen molar-refractivity contribution in [1.29, 1.82) is 0 Å². The van der Waals surface area contributed by atoms with Crippen molar-refractivity contribution in [2.45, 2.75) is 20.3 Å². The monoisotopic (exact) mass is 409 g/mol. The molecule has 31 heavy (non-hydrogen) atoms. The molecule has 5 rings (SSSR count). The number of guanidine groups is 1. The fourth-order valence-electron chi connectivity index (χ4n) is 4.39. The second-order valence-electron chi connectivity index (χ2n) is 8.14. The van der Waals surface area contributed by atoms with E-state index in [2.05, 4.69) is 96.6 Å². The van der Waals surface area contributed by atoms with Gasteiger partial charge in [-0.1, -0.05) is 42.5 Å². The first-order valence-electron chi connectivity index (χ1n) is 10.8. The van der Waals surface area contributed by atoms with Crippen LogP contribution in [0.15, 0.2) is 77.9 Å². The van der Waals surface area contributed by atoms with E-state index < -0.39 is 0 Å². The molecule has 0 saturated carbocycles. The van der Waals surface area contributed by atoms with Gasteiger partial charge < -0.3 is 9.64 Å². The zero-order chi connectivity index (χ0) is 21.4. The number of rotatable bonds is 4. The first-order chi connectivity index (χ1) is 15.2. The summed E-state index contributed by atoms with van der Waals surface area (Å²) >= 11 is 0. The number of anilines is 1. The highest BCUT2D eigenvalue weighted by molar-refractivity contribution is 6.08. The fraction of sp³-hybridized carbons (Fsp3) is 0.222. The number of aryl methyl sites for hydroxylation is 2. The van der Waals surface area contributed by atoms with Gasteiger partial charge in [-0.25, -0.2) is 0 Å². The van der Waals surface area contributed by atoms with Crippen molar-refractivity contribution in [3.8, 4) is 16.9 Å². The lowest BCUT2D eigenvalue weighted by Gasteiger charge is -2.29. The first kappa shape index (κ1) is 19.4. The summed E-state index contributed by atoms with van der Waals surface area (Å²) < 4.78 is 5.71. The van der Waals surface area contributed by atoms with Gasteiger partial charge in [0.25, 0.3) is 0 Å². The van der Waals surface area contributed by atoms with E-state index in [4.69, 9.17) is 9.73 Å². The Bertz CT molecular complexity index is 1180. The molecule has 3 aromatic rings. The zero-order valence-electron chi connectivity index (χ0n) is 18.3. The van der Waals surface area contributed by atoms with Gasteiger partial charge in [0.1, 0.15) is 5.75 Å². The number of hydrogen-bond donors (Lipinski definition) is 0. The lowest BCUT2D eigenvalue weighted by Crippen LogP contribution is -2.38. The maximum absolute atomic E-state index is 5.71. The summed E-state index contributed by atoms with van der Waals surface area (Å²) in [6, 6.07) is 23.7. The lowest BCUT2D eigenvalue weighted by atomic mass is 10.0.